The maximum Gasteiger partial charge on any atom is 0.307 e. The van der Waals surface area contributed by atoms with E-state index < -0.39 is 11.8 Å². The molecule has 0 saturated carbocycles. The number of hydrogen-bond donors (Lipinski definition) is 2. The normalized spacial score (nSPS) is 9.20. The van der Waals surface area contributed by atoms with Gasteiger partial charge in [-0.3, -0.25) is 4.79 Å². The van der Waals surface area contributed by atoms with E-state index in [9.17, 15) is 9.18 Å². The van der Waals surface area contributed by atoms with E-state index in [2.05, 4.69) is 11.8 Å². The third-order valence-electron chi connectivity index (χ3n) is 1.72. The van der Waals surface area contributed by atoms with Crippen molar-refractivity contribution in [2.45, 2.75) is 6.42 Å². The Morgan fingerprint density at radius 3 is 2.87 bits per heavy atom. The largest absolute Gasteiger partial charge is 0.481 e. The van der Waals surface area contributed by atoms with E-state index in [4.69, 9.17) is 10.8 Å². The molecule has 0 saturated heterocycles. The van der Waals surface area contributed by atoms with Gasteiger partial charge in [-0.2, -0.15) is 0 Å². The summed E-state index contributed by atoms with van der Waals surface area (Å²) in [6.45, 7) is 0.214. The lowest BCUT2D eigenvalue weighted by Gasteiger charge is -2.00. The fourth-order valence-electron chi connectivity index (χ4n) is 1.10. The highest BCUT2D eigenvalue weighted by atomic mass is 19.1. The van der Waals surface area contributed by atoms with E-state index in [0.717, 1.165) is 0 Å². The highest BCUT2D eigenvalue weighted by molar-refractivity contribution is 5.70. The lowest BCUT2D eigenvalue weighted by atomic mass is 10.1. The topological polar surface area (TPSA) is 63.3 Å². The lowest BCUT2D eigenvalue weighted by molar-refractivity contribution is -0.136. The van der Waals surface area contributed by atoms with Gasteiger partial charge in [-0.1, -0.05) is 11.8 Å². The minimum atomic E-state index is -1.07. The van der Waals surface area contributed by atoms with Gasteiger partial charge < -0.3 is 10.8 Å². The summed E-state index contributed by atoms with van der Waals surface area (Å²) in [6, 6.07) is 4.12. The predicted molar refractivity (Wildman–Crippen MR) is 53.7 cm³/mol. The number of benzene rings is 1. The zero-order valence-corrected chi connectivity index (χ0v) is 7.96. The van der Waals surface area contributed by atoms with Crippen LogP contribution in [-0.4, -0.2) is 17.6 Å². The van der Waals surface area contributed by atoms with Gasteiger partial charge in [0.25, 0.3) is 0 Å². The number of hydrogen-bond acceptors (Lipinski definition) is 2. The molecule has 0 bridgehead atoms. The fourth-order valence-corrected chi connectivity index (χ4v) is 1.10. The first-order valence-corrected chi connectivity index (χ1v) is 4.32. The van der Waals surface area contributed by atoms with E-state index >= 15 is 0 Å². The van der Waals surface area contributed by atoms with Crippen molar-refractivity contribution in [3.05, 3.63) is 35.1 Å². The maximum atomic E-state index is 13.1. The van der Waals surface area contributed by atoms with Crippen molar-refractivity contribution in [2.75, 3.05) is 6.54 Å². The van der Waals surface area contributed by atoms with Gasteiger partial charge in [0.15, 0.2) is 0 Å². The second kappa shape index (κ2) is 5.13. The fraction of sp³-hybridized carbons (Fsp3) is 0.182. The molecule has 0 radical (unpaired) electrons. The molecule has 0 aliphatic carbocycles. The zero-order chi connectivity index (χ0) is 11.3. The van der Waals surface area contributed by atoms with Gasteiger partial charge in [-0.15, -0.1) is 0 Å². The summed E-state index contributed by atoms with van der Waals surface area (Å²) in [6.07, 6.45) is -0.343. The molecular formula is C11H10FNO2. The molecular weight excluding hydrogens is 197 g/mol. The second-order valence-electron chi connectivity index (χ2n) is 2.88. The average Bonchev–Trinajstić information content (AvgIpc) is 2.18. The van der Waals surface area contributed by atoms with Gasteiger partial charge in [0.1, 0.15) is 5.82 Å². The van der Waals surface area contributed by atoms with Crippen molar-refractivity contribution >= 4 is 5.97 Å². The van der Waals surface area contributed by atoms with E-state index in [1.165, 1.54) is 18.2 Å². The van der Waals surface area contributed by atoms with Crippen molar-refractivity contribution in [1.29, 1.82) is 0 Å². The summed E-state index contributed by atoms with van der Waals surface area (Å²) in [5.41, 5.74) is 5.88. The first kappa shape index (κ1) is 11.2. The van der Waals surface area contributed by atoms with Crippen LogP contribution in [-0.2, 0) is 11.2 Å². The molecule has 0 atom stereocenters. The van der Waals surface area contributed by atoms with Crippen LogP contribution >= 0.6 is 0 Å². The maximum absolute atomic E-state index is 13.1. The van der Waals surface area contributed by atoms with Gasteiger partial charge in [-0.05, 0) is 18.2 Å². The Kier molecular flexibility index (Phi) is 3.83. The van der Waals surface area contributed by atoms with Crippen LogP contribution in [0.2, 0.25) is 0 Å². The molecule has 1 aromatic rings. The van der Waals surface area contributed by atoms with Gasteiger partial charge in [0.2, 0.25) is 0 Å². The molecule has 0 amide bonds. The molecule has 0 unspecified atom stereocenters. The SMILES string of the molecule is NCC#Cc1ccc(F)c(CC(=O)O)c1. The minimum absolute atomic E-state index is 0.131. The average molecular weight is 207 g/mol. The molecule has 0 aliphatic rings. The van der Waals surface area contributed by atoms with Gasteiger partial charge in [-0.25, -0.2) is 4.39 Å². The predicted octanol–water partition coefficient (Wildman–Crippen LogP) is 0.763. The number of halogens is 1. The number of rotatable bonds is 2. The Hall–Kier alpha value is -1.86. The zero-order valence-electron chi connectivity index (χ0n) is 7.96. The lowest BCUT2D eigenvalue weighted by Crippen LogP contribution is -2.02. The number of nitrogens with two attached hydrogens (primary N) is 1. The standard InChI is InChI=1S/C11H10FNO2/c12-10-4-3-8(2-1-5-13)6-9(10)7-11(14)15/h3-4,6H,5,7,13H2,(H,14,15). The van der Waals surface area contributed by atoms with Gasteiger partial charge >= 0.3 is 5.97 Å². The first-order valence-electron chi connectivity index (χ1n) is 4.32. The molecule has 3 nitrogen and oxygen atoms in total. The van der Waals surface area contributed by atoms with Crippen LogP contribution < -0.4 is 5.73 Å². The minimum Gasteiger partial charge on any atom is -0.481 e. The molecule has 15 heavy (non-hydrogen) atoms. The third kappa shape index (κ3) is 3.41. The summed E-state index contributed by atoms with van der Waals surface area (Å²) >= 11 is 0. The Labute approximate surface area is 86.7 Å². The summed E-state index contributed by atoms with van der Waals surface area (Å²) in [7, 11) is 0. The summed E-state index contributed by atoms with van der Waals surface area (Å²) < 4.78 is 13.1. The van der Waals surface area contributed by atoms with Crippen LogP contribution in [0.1, 0.15) is 11.1 Å². The van der Waals surface area contributed by atoms with Gasteiger partial charge in [0, 0.05) is 11.1 Å². The molecule has 4 heteroatoms. The monoisotopic (exact) mass is 207 g/mol. The number of aliphatic carboxylic acids is 1. The second-order valence-corrected chi connectivity index (χ2v) is 2.88. The molecule has 1 rings (SSSR count). The molecule has 0 fully saturated rings. The van der Waals surface area contributed by atoms with Crippen molar-refractivity contribution in [1.82, 2.24) is 0 Å². The summed E-state index contributed by atoms with van der Waals surface area (Å²) in [5.74, 6) is 3.72. The molecule has 78 valence electrons. The highest BCUT2D eigenvalue weighted by Crippen LogP contribution is 2.10. The smallest absolute Gasteiger partial charge is 0.307 e. The Morgan fingerprint density at radius 1 is 1.53 bits per heavy atom. The summed E-state index contributed by atoms with van der Waals surface area (Å²) in [5, 5.41) is 8.54. The Balaban J connectivity index is 2.99. The van der Waals surface area contributed by atoms with Crippen LogP contribution in [0.5, 0.6) is 0 Å². The van der Waals surface area contributed by atoms with Crippen LogP contribution in [0.15, 0.2) is 18.2 Å². The van der Waals surface area contributed by atoms with Crippen LogP contribution in [0.3, 0.4) is 0 Å². The van der Waals surface area contributed by atoms with E-state index in [0.29, 0.717) is 5.56 Å². The Morgan fingerprint density at radius 2 is 2.27 bits per heavy atom. The van der Waals surface area contributed by atoms with E-state index in [1.807, 2.05) is 0 Å². The van der Waals surface area contributed by atoms with Crippen molar-refractivity contribution in [3.8, 4) is 11.8 Å². The van der Waals surface area contributed by atoms with Crippen molar-refractivity contribution < 1.29 is 14.3 Å². The molecule has 0 aromatic heterocycles. The quantitative estimate of drug-likeness (QED) is 0.704. The van der Waals surface area contributed by atoms with E-state index in [1.54, 1.807) is 0 Å². The number of carbonyl (C=O) groups is 1. The Bertz CT molecular complexity index is 432. The van der Waals surface area contributed by atoms with Gasteiger partial charge in [0.05, 0.1) is 13.0 Å². The molecule has 0 heterocycles. The molecule has 0 spiro atoms. The number of carboxylic acids is 1. The summed E-state index contributed by atoms with van der Waals surface area (Å²) in [4.78, 5) is 10.4. The molecule has 1 aromatic carbocycles. The van der Waals surface area contributed by atoms with Crippen LogP contribution in [0, 0.1) is 17.7 Å². The molecule has 0 aliphatic heterocycles. The molecule has 3 N–H and O–H groups in total. The number of carboxylic acid groups (broad SMARTS) is 1. The third-order valence-corrected chi connectivity index (χ3v) is 1.72. The van der Waals surface area contributed by atoms with Crippen molar-refractivity contribution in [2.24, 2.45) is 5.73 Å². The highest BCUT2D eigenvalue weighted by Gasteiger charge is 2.06. The first-order chi connectivity index (χ1) is 7.13. The van der Waals surface area contributed by atoms with E-state index in [-0.39, 0.29) is 18.5 Å². The van der Waals surface area contributed by atoms with Crippen LogP contribution in [0.4, 0.5) is 4.39 Å². The van der Waals surface area contributed by atoms with Crippen molar-refractivity contribution in [3.63, 3.8) is 0 Å². The van der Waals surface area contributed by atoms with Crippen LogP contribution in [0.25, 0.3) is 0 Å².